The second-order valence-corrected chi connectivity index (χ2v) is 5.68. The molecule has 1 aliphatic carbocycles. The molecule has 0 bridgehead atoms. The van der Waals surface area contributed by atoms with Gasteiger partial charge in [-0.25, -0.2) is 0 Å². The number of rotatable bonds is 4. The number of aromatic nitrogens is 3. The number of nitrogens with one attached hydrogen (secondary N) is 2. The molecule has 5 nitrogen and oxygen atoms in total. The Hall–Kier alpha value is -1.10. The zero-order chi connectivity index (χ0) is 11.9. The molecule has 5 heteroatoms. The summed E-state index contributed by atoms with van der Waals surface area (Å²) in [5.74, 6) is 2.06. The fourth-order valence-electron chi connectivity index (χ4n) is 2.29. The van der Waals surface area contributed by atoms with E-state index in [0.717, 1.165) is 31.3 Å². The molecule has 2 atom stereocenters. The molecule has 1 aromatic heterocycles. The third-order valence-corrected chi connectivity index (χ3v) is 4.01. The van der Waals surface area contributed by atoms with E-state index in [1.165, 1.54) is 12.8 Å². The number of anilines is 1. The highest BCUT2D eigenvalue weighted by atomic mass is 16.5. The molecule has 0 radical (unpaired) electrons. The molecule has 1 saturated heterocycles. The lowest BCUT2D eigenvalue weighted by atomic mass is 10.0. The Morgan fingerprint density at radius 3 is 3.00 bits per heavy atom. The summed E-state index contributed by atoms with van der Waals surface area (Å²) in [4.78, 5) is 4.52. The van der Waals surface area contributed by atoms with Crippen molar-refractivity contribution >= 4 is 5.95 Å². The molecule has 2 N–H and O–H groups in total. The van der Waals surface area contributed by atoms with Gasteiger partial charge >= 0.3 is 0 Å². The second kappa shape index (κ2) is 3.98. The summed E-state index contributed by atoms with van der Waals surface area (Å²) in [5.41, 5.74) is 0.477. The summed E-state index contributed by atoms with van der Waals surface area (Å²) in [7, 11) is 0. The van der Waals surface area contributed by atoms with Crippen LogP contribution in [0.5, 0.6) is 0 Å². The largest absolute Gasteiger partial charge is 0.378 e. The first-order chi connectivity index (χ1) is 8.16. The van der Waals surface area contributed by atoms with Gasteiger partial charge < -0.3 is 10.1 Å². The van der Waals surface area contributed by atoms with Gasteiger partial charge in [-0.2, -0.15) is 4.98 Å². The Morgan fingerprint density at radius 1 is 1.53 bits per heavy atom. The van der Waals surface area contributed by atoms with E-state index in [0.29, 0.717) is 11.3 Å². The number of H-pyrrole nitrogens is 1. The maximum atomic E-state index is 5.55. The maximum absolute atomic E-state index is 5.55. The van der Waals surface area contributed by atoms with Crippen LogP contribution in [0.25, 0.3) is 0 Å². The molecule has 0 amide bonds. The summed E-state index contributed by atoms with van der Waals surface area (Å²) >= 11 is 0. The molecule has 0 spiro atoms. The normalized spacial score (nSPS) is 30.5. The van der Waals surface area contributed by atoms with Crippen LogP contribution >= 0.6 is 0 Å². The fraction of sp³-hybridized carbons (Fsp3) is 0.833. The molecule has 1 aromatic rings. The first-order valence-corrected chi connectivity index (χ1v) is 6.44. The lowest BCUT2D eigenvalue weighted by Gasteiger charge is -2.10. The Kier molecular flexibility index (Phi) is 2.58. The van der Waals surface area contributed by atoms with Crippen molar-refractivity contribution in [2.75, 3.05) is 18.5 Å². The summed E-state index contributed by atoms with van der Waals surface area (Å²) in [6.07, 6.45) is 3.90. The number of ether oxygens (including phenoxy) is 1. The topological polar surface area (TPSA) is 62.8 Å². The summed E-state index contributed by atoms with van der Waals surface area (Å²) in [6.45, 7) is 6.19. The predicted octanol–water partition coefficient (Wildman–Crippen LogP) is 1.91. The monoisotopic (exact) mass is 236 g/mol. The smallest absolute Gasteiger partial charge is 0.242 e. The molecule has 17 heavy (non-hydrogen) atoms. The first kappa shape index (κ1) is 11.0. The van der Waals surface area contributed by atoms with Crippen molar-refractivity contribution in [2.45, 2.75) is 45.1 Å². The summed E-state index contributed by atoms with van der Waals surface area (Å²) in [5, 5.41) is 10.6. The Morgan fingerprint density at radius 2 is 2.35 bits per heavy atom. The van der Waals surface area contributed by atoms with E-state index in [4.69, 9.17) is 4.74 Å². The van der Waals surface area contributed by atoms with E-state index >= 15 is 0 Å². The van der Waals surface area contributed by atoms with Gasteiger partial charge in [0.25, 0.3) is 0 Å². The van der Waals surface area contributed by atoms with Crippen LogP contribution in [0.3, 0.4) is 0 Å². The van der Waals surface area contributed by atoms with Crippen molar-refractivity contribution < 1.29 is 4.74 Å². The highest BCUT2D eigenvalue weighted by molar-refractivity contribution is 5.25. The van der Waals surface area contributed by atoms with Gasteiger partial charge in [0.1, 0.15) is 5.82 Å². The minimum atomic E-state index is 0.247. The molecular weight excluding hydrogens is 216 g/mol. The van der Waals surface area contributed by atoms with Gasteiger partial charge in [0.15, 0.2) is 0 Å². The SMILES string of the molecule is CC1OCCC1c1nc(NCC2(C)CC2)n[nH]1. The van der Waals surface area contributed by atoms with E-state index in [9.17, 15) is 0 Å². The van der Waals surface area contributed by atoms with Crippen LogP contribution in [0, 0.1) is 5.41 Å². The molecule has 2 heterocycles. The van der Waals surface area contributed by atoms with E-state index < -0.39 is 0 Å². The second-order valence-electron chi connectivity index (χ2n) is 5.68. The van der Waals surface area contributed by atoms with Crippen LogP contribution in [-0.2, 0) is 4.74 Å². The zero-order valence-electron chi connectivity index (χ0n) is 10.5. The quantitative estimate of drug-likeness (QED) is 0.838. The first-order valence-electron chi connectivity index (χ1n) is 6.44. The van der Waals surface area contributed by atoms with E-state index in [-0.39, 0.29) is 6.10 Å². The van der Waals surface area contributed by atoms with E-state index in [1.807, 2.05) is 0 Å². The van der Waals surface area contributed by atoms with Crippen LogP contribution in [0.2, 0.25) is 0 Å². The van der Waals surface area contributed by atoms with Gasteiger partial charge in [0, 0.05) is 19.1 Å². The van der Waals surface area contributed by atoms with Crippen molar-refractivity contribution in [3.8, 4) is 0 Å². The average molecular weight is 236 g/mol. The van der Waals surface area contributed by atoms with Gasteiger partial charge in [-0.05, 0) is 31.6 Å². The Bertz CT molecular complexity index is 399. The van der Waals surface area contributed by atoms with Gasteiger partial charge in [0.05, 0.1) is 6.10 Å². The van der Waals surface area contributed by atoms with Crippen molar-refractivity contribution in [1.82, 2.24) is 15.2 Å². The van der Waals surface area contributed by atoms with Crippen molar-refractivity contribution in [3.05, 3.63) is 5.82 Å². The molecule has 2 unspecified atom stereocenters. The Labute approximate surface area is 101 Å². The number of hydrogen-bond acceptors (Lipinski definition) is 4. The van der Waals surface area contributed by atoms with Gasteiger partial charge in [-0.1, -0.05) is 6.92 Å². The highest BCUT2D eigenvalue weighted by Gasteiger charge is 2.37. The van der Waals surface area contributed by atoms with Crippen LogP contribution < -0.4 is 5.32 Å². The number of aromatic amines is 1. The summed E-state index contributed by atoms with van der Waals surface area (Å²) < 4.78 is 5.55. The molecule has 0 aromatic carbocycles. The van der Waals surface area contributed by atoms with Crippen LogP contribution in [0.1, 0.15) is 44.9 Å². The standard InChI is InChI=1S/C12H20N4O/c1-8-9(3-6-17-8)10-14-11(16-15-10)13-7-12(2)4-5-12/h8-9H,3-7H2,1-2H3,(H2,13,14,15,16). The van der Waals surface area contributed by atoms with E-state index in [1.54, 1.807) is 0 Å². The third-order valence-electron chi connectivity index (χ3n) is 4.01. The fourth-order valence-corrected chi connectivity index (χ4v) is 2.29. The lowest BCUT2D eigenvalue weighted by molar-refractivity contribution is 0.117. The molecule has 1 saturated carbocycles. The maximum Gasteiger partial charge on any atom is 0.242 e. The number of nitrogens with zero attached hydrogens (tertiary/aromatic N) is 2. The van der Waals surface area contributed by atoms with Gasteiger partial charge in [-0.15, -0.1) is 5.10 Å². The van der Waals surface area contributed by atoms with Crippen LogP contribution in [-0.4, -0.2) is 34.4 Å². The number of hydrogen-bond donors (Lipinski definition) is 2. The summed E-state index contributed by atoms with van der Waals surface area (Å²) in [6, 6.07) is 0. The highest BCUT2D eigenvalue weighted by Crippen LogP contribution is 2.44. The lowest BCUT2D eigenvalue weighted by Crippen LogP contribution is -2.13. The minimum absolute atomic E-state index is 0.247. The molecule has 2 fully saturated rings. The molecule has 94 valence electrons. The Balaban J connectivity index is 1.61. The molecular formula is C12H20N4O. The molecule has 2 aliphatic rings. The molecule has 1 aliphatic heterocycles. The van der Waals surface area contributed by atoms with Crippen molar-refractivity contribution in [3.63, 3.8) is 0 Å². The zero-order valence-corrected chi connectivity index (χ0v) is 10.5. The van der Waals surface area contributed by atoms with E-state index in [2.05, 4.69) is 34.3 Å². The minimum Gasteiger partial charge on any atom is -0.378 e. The average Bonchev–Trinajstić information content (AvgIpc) is 2.75. The van der Waals surface area contributed by atoms with Gasteiger partial charge in [-0.3, -0.25) is 5.10 Å². The third kappa shape index (κ3) is 2.29. The van der Waals surface area contributed by atoms with Crippen molar-refractivity contribution in [2.24, 2.45) is 5.41 Å². The van der Waals surface area contributed by atoms with Crippen LogP contribution in [0.15, 0.2) is 0 Å². The van der Waals surface area contributed by atoms with Gasteiger partial charge in [0.2, 0.25) is 5.95 Å². The predicted molar refractivity (Wildman–Crippen MR) is 65.0 cm³/mol. The molecule has 3 rings (SSSR count). The van der Waals surface area contributed by atoms with Crippen LogP contribution in [0.4, 0.5) is 5.95 Å². The van der Waals surface area contributed by atoms with Crippen molar-refractivity contribution in [1.29, 1.82) is 0 Å².